The molecule has 0 amide bonds. The minimum absolute atomic E-state index is 0.0479. The topological polar surface area (TPSA) is 115 Å². The Morgan fingerprint density at radius 1 is 1.11 bits per heavy atom. The van der Waals surface area contributed by atoms with Gasteiger partial charge in [-0.25, -0.2) is 8.78 Å². The van der Waals surface area contributed by atoms with Gasteiger partial charge in [0.1, 0.15) is 11.6 Å². The summed E-state index contributed by atoms with van der Waals surface area (Å²) in [7, 11) is 1.82. The van der Waals surface area contributed by atoms with E-state index in [4.69, 9.17) is 11.1 Å². The van der Waals surface area contributed by atoms with E-state index in [1.54, 1.807) is 4.68 Å². The monoisotopic (exact) mass is 486 g/mol. The molecule has 0 bridgehead atoms. The van der Waals surface area contributed by atoms with Gasteiger partial charge in [0.25, 0.3) is 0 Å². The molecule has 0 aliphatic rings. The maximum atomic E-state index is 13.6. The Bertz CT molecular complexity index is 1060. The zero-order valence-corrected chi connectivity index (χ0v) is 17.9. The van der Waals surface area contributed by atoms with E-state index in [1.165, 1.54) is 34.8 Å². The molecule has 0 aliphatic heterocycles. The van der Waals surface area contributed by atoms with Gasteiger partial charge in [-0.1, -0.05) is 10.2 Å². The Balaban J connectivity index is 0.000000221. The van der Waals surface area contributed by atoms with Crippen LogP contribution in [0.3, 0.4) is 0 Å². The van der Waals surface area contributed by atoms with Gasteiger partial charge in [-0.15, -0.1) is 22.7 Å². The molecule has 3 aromatic heterocycles. The van der Waals surface area contributed by atoms with Crippen molar-refractivity contribution >= 4 is 38.6 Å². The Hall–Kier alpha value is -2.43. The maximum Gasteiger partial charge on any atom is 0.138 e. The van der Waals surface area contributed by atoms with Crippen LogP contribution in [0.1, 0.15) is 15.4 Å². The van der Waals surface area contributed by atoms with Crippen LogP contribution in [0.4, 0.5) is 8.78 Å². The van der Waals surface area contributed by atoms with Gasteiger partial charge in [-0.3, -0.25) is 4.68 Å². The van der Waals surface area contributed by atoms with Crippen LogP contribution in [0.15, 0.2) is 32.3 Å². The zero-order chi connectivity index (χ0) is 20.7. The highest BCUT2D eigenvalue weighted by atomic mass is 79.9. The first kappa shape index (κ1) is 21.9. The lowest BCUT2D eigenvalue weighted by atomic mass is 10.2. The number of aryl methyl sites for hydroxylation is 2. The van der Waals surface area contributed by atoms with E-state index in [9.17, 15) is 8.78 Å². The highest BCUT2D eigenvalue weighted by molar-refractivity contribution is 9.11. The number of azide groups is 2. The van der Waals surface area contributed by atoms with E-state index in [-0.39, 0.29) is 24.7 Å². The molecule has 0 saturated heterocycles. The summed E-state index contributed by atoms with van der Waals surface area (Å²) in [5.74, 6) is -0.657. The van der Waals surface area contributed by atoms with Crippen molar-refractivity contribution in [3.63, 3.8) is 0 Å². The summed E-state index contributed by atoms with van der Waals surface area (Å²) in [6.45, 7) is 2.00. The van der Waals surface area contributed by atoms with Gasteiger partial charge in [0, 0.05) is 43.3 Å². The van der Waals surface area contributed by atoms with Gasteiger partial charge in [-0.05, 0) is 46.0 Å². The molecule has 3 heterocycles. The third-order valence-electron chi connectivity index (χ3n) is 3.32. The smallest absolute Gasteiger partial charge is 0.138 e. The summed E-state index contributed by atoms with van der Waals surface area (Å²) in [5.41, 5.74) is 17.9. The van der Waals surface area contributed by atoms with E-state index in [1.807, 2.05) is 20.2 Å². The van der Waals surface area contributed by atoms with Crippen molar-refractivity contribution in [2.75, 3.05) is 0 Å². The van der Waals surface area contributed by atoms with Crippen molar-refractivity contribution in [3.8, 4) is 10.4 Å². The van der Waals surface area contributed by atoms with E-state index < -0.39 is 0 Å². The molecule has 0 aliphatic carbocycles. The summed E-state index contributed by atoms with van der Waals surface area (Å²) in [5, 5.41) is 10.8. The van der Waals surface area contributed by atoms with Gasteiger partial charge >= 0.3 is 0 Å². The first-order valence-electron chi connectivity index (χ1n) is 7.60. The second kappa shape index (κ2) is 10.2. The van der Waals surface area contributed by atoms with E-state index in [0.717, 1.165) is 16.1 Å². The molecule has 146 valence electrons. The quantitative estimate of drug-likeness (QED) is 0.218. The lowest BCUT2D eigenvalue weighted by molar-refractivity contribution is 0.618. The van der Waals surface area contributed by atoms with Gasteiger partial charge in [-0.2, -0.15) is 5.10 Å². The van der Waals surface area contributed by atoms with E-state index in [0.29, 0.717) is 13.5 Å². The number of hydrogen-bond acceptors (Lipinski definition) is 5. The van der Waals surface area contributed by atoms with Crippen LogP contribution in [0.5, 0.6) is 0 Å². The first-order chi connectivity index (χ1) is 13.3. The van der Waals surface area contributed by atoms with Crippen molar-refractivity contribution in [2.45, 2.75) is 20.0 Å². The largest absolute Gasteiger partial charge is 0.275 e. The van der Waals surface area contributed by atoms with Crippen molar-refractivity contribution in [2.24, 2.45) is 17.3 Å². The molecule has 0 atom stereocenters. The maximum absolute atomic E-state index is 13.6. The van der Waals surface area contributed by atoms with Crippen molar-refractivity contribution in [3.05, 3.63) is 70.1 Å². The van der Waals surface area contributed by atoms with Crippen LogP contribution in [0, 0.1) is 18.6 Å². The van der Waals surface area contributed by atoms with Crippen LogP contribution >= 0.6 is 38.6 Å². The zero-order valence-electron chi connectivity index (χ0n) is 14.7. The van der Waals surface area contributed by atoms with Crippen LogP contribution in [0.25, 0.3) is 31.3 Å². The Morgan fingerprint density at radius 3 is 2.14 bits per heavy atom. The predicted octanol–water partition coefficient (Wildman–Crippen LogP) is 6.87. The standard InChI is InChI=1S/C10H10FN5S.C5H3BrFN3S/c1-6-7(5-16(2)14-6)9-3-8(11)10(17-9)4-13-15-12;6-5-1-3(7)4(11-5)2-9-10-8/h3,5H,4H2,1-2H3;1H,2H2. The van der Waals surface area contributed by atoms with Crippen LogP contribution in [0.2, 0.25) is 0 Å². The lowest BCUT2D eigenvalue weighted by Crippen LogP contribution is -1.86. The molecule has 13 heteroatoms. The number of halogens is 3. The molecule has 0 fully saturated rings. The van der Waals surface area contributed by atoms with Crippen LogP contribution < -0.4 is 0 Å². The van der Waals surface area contributed by atoms with Crippen LogP contribution in [-0.4, -0.2) is 9.78 Å². The van der Waals surface area contributed by atoms with Crippen molar-refractivity contribution < 1.29 is 8.78 Å². The third-order valence-corrected chi connectivity index (χ3v) is 6.04. The SMILES string of the molecule is Cc1nn(C)cc1-c1cc(F)c(CN=[N+]=[N-])s1.[N-]=[N+]=NCc1sc(Br)cc1F. The summed E-state index contributed by atoms with van der Waals surface area (Å²) >= 11 is 5.64. The normalized spacial score (nSPS) is 9.89. The van der Waals surface area contributed by atoms with E-state index in [2.05, 4.69) is 41.1 Å². The van der Waals surface area contributed by atoms with Crippen LogP contribution in [-0.2, 0) is 20.1 Å². The van der Waals surface area contributed by atoms with Gasteiger partial charge < -0.3 is 0 Å². The van der Waals surface area contributed by atoms with Gasteiger partial charge in [0.15, 0.2) is 0 Å². The Morgan fingerprint density at radius 2 is 1.68 bits per heavy atom. The molecule has 0 saturated carbocycles. The lowest BCUT2D eigenvalue weighted by Gasteiger charge is -1.91. The molecule has 0 N–H and O–H groups in total. The highest BCUT2D eigenvalue weighted by Gasteiger charge is 2.13. The van der Waals surface area contributed by atoms with Crippen molar-refractivity contribution in [1.82, 2.24) is 9.78 Å². The minimum atomic E-state index is -0.333. The fourth-order valence-electron chi connectivity index (χ4n) is 2.16. The number of rotatable bonds is 5. The molecule has 28 heavy (non-hydrogen) atoms. The predicted molar refractivity (Wildman–Crippen MR) is 109 cm³/mol. The van der Waals surface area contributed by atoms with Crippen molar-refractivity contribution in [1.29, 1.82) is 0 Å². The minimum Gasteiger partial charge on any atom is -0.275 e. The summed E-state index contributed by atoms with van der Waals surface area (Å²) < 4.78 is 28.7. The fraction of sp³-hybridized carbons (Fsp3) is 0.267. The molecule has 0 radical (unpaired) electrons. The van der Waals surface area contributed by atoms with Gasteiger partial charge in [0.05, 0.1) is 22.6 Å². The third kappa shape index (κ3) is 5.78. The molecule has 0 aromatic carbocycles. The molecule has 3 aromatic rings. The van der Waals surface area contributed by atoms with Gasteiger partial charge in [0.2, 0.25) is 0 Å². The fourth-order valence-corrected chi connectivity index (χ4v) is 4.64. The second-order valence-electron chi connectivity index (χ2n) is 5.28. The summed E-state index contributed by atoms with van der Waals surface area (Å²) in [4.78, 5) is 6.86. The number of nitrogens with zero attached hydrogens (tertiary/aromatic N) is 8. The number of aromatic nitrogens is 2. The Kier molecular flexibility index (Phi) is 7.97. The molecule has 8 nitrogen and oxygen atoms in total. The first-order valence-corrected chi connectivity index (χ1v) is 10.0. The average molecular weight is 487 g/mol. The Labute approximate surface area is 174 Å². The number of thiophene rings is 2. The molecular weight excluding hydrogens is 474 g/mol. The second-order valence-corrected chi connectivity index (χ2v) is 8.94. The highest BCUT2D eigenvalue weighted by Crippen LogP contribution is 2.32. The summed E-state index contributed by atoms with van der Waals surface area (Å²) in [6, 6.07) is 2.81. The molecule has 0 spiro atoms. The number of hydrogen-bond donors (Lipinski definition) is 0. The summed E-state index contributed by atoms with van der Waals surface area (Å²) in [6.07, 6.45) is 1.85. The van der Waals surface area contributed by atoms with E-state index >= 15 is 0 Å². The average Bonchev–Trinajstić information content (AvgIpc) is 3.28. The molecule has 3 rings (SSSR count). The molecule has 0 unspecified atom stereocenters. The molecular formula is C15H13BrF2N8S2.